The fraction of sp³-hybridized carbons (Fsp3) is 0.350. The SMILES string of the molecule is CCC(C)N(Cc1ccc(OS(C)(=O)=O)cc1)C(=O)c1ccc(C)cc1. The molecule has 5 nitrogen and oxygen atoms in total. The van der Waals surface area contributed by atoms with Crippen LogP contribution in [0.2, 0.25) is 0 Å². The minimum Gasteiger partial charge on any atom is -0.383 e. The highest BCUT2D eigenvalue weighted by Crippen LogP contribution is 2.19. The van der Waals surface area contributed by atoms with Crippen LogP contribution >= 0.6 is 0 Å². The van der Waals surface area contributed by atoms with E-state index in [9.17, 15) is 13.2 Å². The van der Waals surface area contributed by atoms with E-state index in [-0.39, 0.29) is 17.7 Å². The van der Waals surface area contributed by atoms with Gasteiger partial charge in [-0.2, -0.15) is 8.42 Å². The Bertz CT molecular complexity index is 842. The molecule has 0 bridgehead atoms. The maximum Gasteiger partial charge on any atom is 0.306 e. The van der Waals surface area contributed by atoms with E-state index >= 15 is 0 Å². The minimum absolute atomic E-state index is 0.0178. The molecule has 1 atom stereocenters. The predicted octanol–water partition coefficient (Wildman–Crippen LogP) is 3.77. The third kappa shape index (κ3) is 5.59. The van der Waals surface area contributed by atoms with Crippen molar-refractivity contribution < 1.29 is 17.4 Å². The molecule has 0 fully saturated rings. The molecule has 2 aromatic rings. The first-order valence-corrected chi connectivity index (χ1v) is 10.4. The van der Waals surface area contributed by atoms with Crippen molar-refractivity contribution in [1.82, 2.24) is 4.90 Å². The van der Waals surface area contributed by atoms with Gasteiger partial charge in [0.05, 0.1) is 6.26 Å². The number of carbonyl (C=O) groups is 1. The van der Waals surface area contributed by atoms with Crippen LogP contribution < -0.4 is 4.18 Å². The molecule has 1 amide bonds. The Hall–Kier alpha value is -2.34. The summed E-state index contributed by atoms with van der Waals surface area (Å²) in [7, 11) is -3.55. The van der Waals surface area contributed by atoms with Gasteiger partial charge >= 0.3 is 10.1 Å². The predicted molar refractivity (Wildman–Crippen MR) is 103 cm³/mol. The first-order valence-electron chi connectivity index (χ1n) is 8.55. The normalized spacial score (nSPS) is 12.5. The van der Waals surface area contributed by atoms with Crippen LogP contribution in [0.4, 0.5) is 0 Å². The van der Waals surface area contributed by atoms with Gasteiger partial charge in [0.1, 0.15) is 5.75 Å². The Balaban J connectivity index is 2.20. The summed E-state index contributed by atoms with van der Waals surface area (Å²) in [5.74, 6) is 0.243. The number of hydrogen-bond acceptors (Lipinski definition) is 4. The number of rotatable bonds is 7. The molecule has 0 saturated carbocycles. The molecule has 0 aliphatic rings. The van der Waals surface area contributed by atoms with Crippen LogP contribution in [0.1, 0.15) is 41.8 Å². The molecule has 2 rings (SSSR count). The molecule has 0 spiro atoms. The van der Waals surface area contributed by atoms with E-state index in [2.05, 4.69) is 0 Å². The summed E-state index contributed by atoms with van der Waals surface area (Å²) in [4.78, 5) is 14.8. The van der Waals surface area contributed by atoms with Gasteiger partial charge in [-0.3, -0.25) is 4.79 Å². The first-order chi connectivity index (χ1) is 12.2. The summed E-state index contributed by atoms with van der Waals surface area (Å²) < 4.78 is 27.2. The molecule has 0 radical (unpaired) electrons. The van der Waals surface area contributed by atoms with Crippen molar-refractivity contribution in [2.45, 2.75) is 39.8 Å². The topological polar surface area (TPSA) is 63.7 Å². The molecule has 0 N–H and O–H groups in total. The number of nitrogens with zero attached hydrogens (tertiary/aromatic N) is 1. The van der Waals surface area contributed by atoms with Gasteiger partial charge in [0.2, 0.25) is 0 Å². The highest BCUT2D eigenvalue weighted by Gasteiger charge is 2.20. The molecule has 0 aliphatic carbocycles. The van der Waals surface area contributed by atoms with E-state index in [1.807, 2.05) is 49.9 Å². The summed E-state index contributed by atoms with van der Waals surface area (Å²) in [6.07, 6.45) is 1.85. The molecule has 0 saturated heterocycles. The molecular formula is C20H25NO4S. The van der Waals surface area contributed by atoms with Crippen molar-refractivity contribution in [2.24, 2.45) is 0 Å². The number of aryl methyl sites for hydroxylation is 1. The van der Waals surface area contributed by atoms with Crippen LogP contribution in [0.15, 0.2) is 48.5 Å². The molecule has 1 unspecified atom stereocenters. The van der Waals surface area contributed by atoms with Gasteiger partial charge in [-0.1, -0.05) is 36.8 Å². The average Bonchev–Trinajstić information content (AvgIpc) is 2.59. The van der Waals surface area contributed by atoms with Crippen molar-refractivity contribution >= 4 is 16.0 Å². The van der Waals surface area contributed by atoms with E-state index < -0.39 is 10.1 Å². The maximum atomic E-state index is 12.9. The zero-order valence-electron chi connectivity index (χ0n) is 15.6. The Morgan fingerprint density at radius 3 is 2.15 bits per heavy atom. The third-order valence-corrected chi connectivity index (χ3v) is 4.70. The largest absolute Gasteiger partial charge is 0.383 e. The number of carbonyl (C=O) groups excluding carboxylic acids is 1. The van der Waals surface area contributed by atoms with Gasteiger partial charge < -0.3 is 9.08 Å². The number of amides is 1. The van der Waals surface area contributed by atoms with Crippen LogP contribution in [0.3, 0.4) is 0 Å². The summed E-state index contributed by atoms with van der Waals surface area (Å²) in [6, 6.07) is 14.4. The second kappa shape index (κ2) is 8.36. The fourth-order valence-electron chi connectivity index (χ4n) is 2.53. The third-order valence-electron chi connectivity index (χ3n) is 4.21. The van der Waals surface area contributed by atoms with Crippen LogP contribution in [-0.4, -0.2) is 31.5 Å². The smallest absolute Gasteiger partial charge is 0.306 e. The van der Waals surface area contributed by atoms with Gasteiger partial charge in [-0.15, -0.1) is 0 Å². The number of benzene rings is 2. The van der Waals surface area contributed by atoms with Gasteiger partial charge in [-0.25, -0.2) is 0 Å². The maximum absolute atomic E-state index is 12.9. The molecule has 6 heteroatoms. The van der Waals surface area contributed by atoms with E-state index in [0.717, 1.165) is 23.8 Å². The molecule has 0 heterocycles. The summed E-state index contributed by atoms with van der Waals surface area (Å²) >= 11 is 0. The van der Waals surface area contributed by atoms with Gasteiger partial charge in [0, 0.05) is 18.2 Å². The van der Waals surface area contributed by atoms with E-state index in [0.29, 0.717) is 12.1 Å². The van der Waals surface area contributed by atoms with E-state index in [1.54, 1.807) is 24.3 Å². The van der Waals surface area contributed by atoms with Crippen molar-refractivity contribution in [3.05, 3.63) is 65.2 Å². The lowest BCUT2D eigenvalue weighted by Gasteiger charge is -2.29. The zero-order valence-corrected chi connectivity index (χ0v) is 16.4. The van der Waals surface area contributed by atoms with Crippen molar-refractivity contribution in [3.63, 3.8) is 0 Å². The van der Waals surface area contributed by atoms with Crippen molar-refractivity contribution in [1.29, 1.82) is 0 Å². The summed E-state index contributed by atoms with van der Waals surface area (Å²) in [6.45, 7) is 6.50. The molecular weight excluding hydrogens is 350 g/mol. The lowest BCUT2D eigenvalue weighted by atomic mass is 10.1. The summed E-state index contributed by atoms with van der Waals surface area (Å²) in [5, 5.41) is 0. The highest BCUT2D eigenvalue weighted by molar-refractivity contribution is 7.86. The number of hydrogen-bond donors (Lipinski definition) is 0. The molecule has 2 aromatic carbocycles. The first kappa shape index (κ1) is 20.0. The molecule has 0 aliphatic heterocycles. The lowest BCUT2D eigenvalue weighted by Crippen LogP contribution is -2.37. The highest BCUT2D eigenvalue weighted by atomic mass is 32.2. The van der Waals surface area contributed by atoms with Gasteiger partial charge in [0.25, 0.3) is 5.91 Å². The van der Waals surface area contributed by atoms with Crippen LogP contribution in [0, 0.1) is 6.92 Å². The van der Waals surface area contributed by atoms with E-state index in [4.69, 9.17) is 4.18 Å². The van der Waals surface area contributed by atoms with Crippen LogP contribution in [-0.2, 0) is 16.7 Å². The lowest BCUT2D eigenvalue weighted by molar-refractivity contribution is 0.0671. The second-order valence-electron chi connectivity index (χ2n) is 6.49. The quantitative estimate of drug-likeness (QED) is 0.691. The Morgan fingerprint density at radius 2 is 1.65 bits per heavy atom. The Labute approximate surface area is 155 Å². The average molecular weight is 375 g/mol. The minimum atomic E-state index is -3.55. The monoisotopic (exact) mass is 375 g/mol. The fourth-order valence-corrected chi connectivity index (χ4v) is 2.99. The van der Waals surface area contributed by atoms with Gasteiger partial charge in [0.15, 0.2) is 0 Å². The van der Waals surface area contributed by atoms with Crippen molar-refractivity contribution in [3.8, 4) is 5.75 Å². The second-order valence-corrected chi connectivity index (χ2v) is 8.06. The molecule has 0 aromatic heterocycles. The van der Waals surface area contributed by atoms with Gasteiger partial charge in [-0.05, 0) is 50.1 Å². The Kier molecular flexibility index (Phi) is 6.42. The molecule has 140 valence electrons. The standard InChI is InChI=1S/C20H25NO4S/c1-5-16(3)21(20(22)18-10-6-15(2)7-11-18)14-17-8-12-19(13-9-17)25-26(4,23)24/h6-13,16H,5,14H2,1-4H3. The molecule has 26 heavy (non-hydrogen) atoms. The Morgan fingerprint density at radius 1 is 1.08 bits per heavy atom. The van der Waals surface area contributed by atoms with Crippen LogP contribution in [0.5, 0.6) is 5.75 Å². The van der Waals surface area contributed by atoms with Crippen molar-refractivity contribution in [2.75, 3.05) is 6.26 Å². The van der Waals surface area contributed by atoms with E-state index in [1.165, 1.54) is 0 Å². The summed E-state index contributed by atoms with van der Waals surface area (Å²) in [5.41, 5.74) is 2.68. The van der Waals surface area contributed by atoms with Crippen LogP contribution in [0.25, 0.3) is 0 Å². The zero-order chi connectivity index (χ0) is 19.3.